The van der Waals surface area contributed by atoms with Crippen molar-refractivity contribution in [3.8, 4) is 5.75 Å². The molecule has 120 valence electrons. The molecular formula is C18H21N3O2. The van der Waals surface area contributed by atoms with E-state index in [9.17, 15) is 4.79 Å². The van der Waals surface area contributed by atoms with Gasteiger partial charge in [-0.05, 0) is 12.1 Å². The Morgan fingerprint density at radius 2 is 2.09 bits per heavy atom. The molecule has 1 aliphatic rings. The molecule has 1 aromatic heterocycles. The van der Waals surface area contributed by atoms with Crippen LogP contribution in [0.1, 0.15) is 17.5 Å². The number of para-hydroxylation sites is 1. The molecule has 1 aliphatic heterocycles. The van der Waals surface area contributed by atoms with E-state index in [1.807, 2.05) is 36.5 Å². The Labute approximate surface area is 136 Å². The molecule has 1 amide bonds. The number of amides is 1. The molecule has 5 heteroatoms. The van der Waals surface area contributed by atoms with Gasteiger partial charge in [0.2, 0.25) is 5.91 Å². The van der Waals surface area contributed by atoms with Gasteiger partial charge in [-0.25, -0.2) is 0 Å². The second kappa shape index (κ2) is 7.74. The number of hydrogen-bond acceptors (Lipinski definition) is 4. The van der Waals surface area contributed by atoms with Crippen LogP contribution in [-0.4, -0.2) is 35.4 Å². The highest BCUT2D eigenvalue weighted by molar-refractivity contribution is 5.76. The highest BCUT2D eigenvalue weighted by Crippen LogP contribution is 2.21. The maximum atomic E-state index is 11.4. The van der Waals surface area contributed by atoms with Gasteiger partial charge in [0.15, 0.2) is 0 Å². The summed E-state index contributed by atoms with van der Waals surface area (Å²) in [7, 11) is 0. The molecule has 1 fully saturated rings. The lowest BCUT2D eigenvalue weighted by Gasteiger charge is -2.21. The van der Waals surface area contributed by atoms with Crippen LogP contribution in [0.4, 0.5) is 0 Å². The molecular weight excluding hydrogens is 290 g/mol. The number of nitrogens with zero attached hydrogens (tertiary/aromatic N) is 2. The molecule has 1 N–H and O–H groups in total. The average molecular weight is 311 g/mol. The molecule has 1 aromatic carbocycles. The second-order valence-electron chi connectivity index (χ2n) is 5.63. The Hall–Kier alpha value is -2.40. The van der Waals surface area contributed by atoms with E-state index >= 15 is 0 Å². The highest BCUT2D eigenvalue weighted by atomic mass is 16.5. The van der Waals surface area contributed by atoms with Gasteiger partial charge in [0, 0.05) is 56.1 Å². The number of carbonyl (C=O) groups excluding carboxylic acids is 1. The molecule has 0 radical (unpaired) electrons. The smallest absolute Gasteiger partial charge is 0.221 e. The SMILES string of the molecule is O=C1CCN(Cc2ccccc2OCc2cccnc2)CCN1. The van der Waals surface area contributed by atoms with Crippen molar-refractivity contribution in [1.82, 2.24) is 15.2 Å². The van der Waals surface area contributed by atoms with Crippen molar-refractivity contribution in [3.05, 3.63) is 59.9 Å². The van der Waals surface area contributed by atoms with E-state index in [4.69, 9.17) is 4.74 Å². The molecule has 5 nitrogen and oxygen atoms in total. The molecule has 0 bridgehead atoms. The normalized spacial score (nSPS) is 15.7. The van der Waals surface area contributed by atoms with Crippen molar-refractivity contribution >= 4 is 5.91 Å². The molecule has 0 unspecified atom stereocenters. The van der Waals surface area contributed by atoms with Crippen LogP contribution >= 0.6 is 0 Å². The van der Waals surface area contributed by atoms with Crippen molar-refractivity contribution in [2.24, 2.45) is 0 Å². The van der Waals surface area contributed by atoms with Crippen LogP contribution in [0.3, 0.4) is 0 Å². The fourth-order valence-electron chi connectivity index (χ4n) is 2.63. The van der Waals surface area contributed by atoms with E-state index in [0.717, 1.165) is 36.5 Å². The zero-order valence-corrected chi connectivity index (χ0v) is 13.1. The Kier molecular flexibility index (Phi) is 5.21. The summed E-state index contributed by atoms with van der Waals surface area (Å²) in [6.45, 7) is 3.64. The number of carbonyl (C=O) groups is 1. The number of hydrogen-bond donors (Lipinski definition) is 1. The minimum atomic E-state index is 0.133. The average Bonchev–Trinajstić information content (AvgIpc) is 2.79. The van der Waals surface area contributed by atoms with Crippen molar-refractivity contribution in [2.75, 3.05) is 19.6 Å². The zero-order valence-electron chi connectivity index (χ0n) is 13.1. The number of benzene rings is 1. The summed E-state index contributed by atoms with van der Waals surface area (Å²) in [4.78, 5) is 17.8. The van der Waals surface area contributed by atoms with Gasteiger partial charge in [0.25, 0.3) is 0 Å². The van der Waals surface area contributed by atoms with Gasteiger partial charge in [-0.1, -0.05) is 24.3 Å². The molecule has 2 heterocycles. The van der Waals surface area contributed by atoms with Gasteiger partial charge < -0.3 is 10.1 Å². The van der Waals surface area contributed by atoms with Crippen molar-refractivity contribution < 1.29 is 9.53 Å². The monoisotopic (exact) mass is 311 g/mol. The van der Waals surface area contributed by atoms with Crippen LogP contribution < -0.4 is 10.1 Å². The standard InChI is InChI=1S/C18H21N3O2/c22-18-7-10-21(11-9-20-18)13-16-5-1-2-6-17(16)23-14-15-4-3-8-19-12-15/h1-6,8,12H,7,9-11,13-14H2,(H,20,22). The van der Waals surface area contributed by atoms with Gasteiger partial charge in [-0.3, -0.25) is 14.7 Å². The van der Waals surface area contributed by atoms with Crippen LogP contribution in [0, 0.1) is 0 Å². The largest absolute Gasteiger partial charge is 0.489 e. The molecule has 0 spiro atoms. The molecule has 3 rings (SSSR count). The van der Waals surface area contributed by atoms with Crippen LogP contribution in [0.15, 0.2) is 48.8 Å². The third-order valence-electron chi connectivity index (χ3n) is 3.89. The number of pyridine rings is 1. The first kappa shape index (κ1) is 15.5. The van der Waals surface area contributed by atoms with Crippen LogP contribution in [-0.2, 0) is 17.9 Å². The third-order valence-corrected chi connectivity index (χ3v) is 3.89. The third kappa shape index (κ3) is 4.53. The van der Waals surface area contributed by atoms with E-state index in [-0.39, 0.29) is 5.91 Å². The van der Waals surface area contributed by atoms with E-state index in [1.165, 1.54) is 0 Å². The summed E-state index contributed by atoms with van der Waals surface area (Å²) in [5.74, 6) is 1.02. The van der Waals surface area contributed by atoms with Gasteiger partial charge >= 0.3 is 0 Å². The molecule has 2 aromatic rings. The minimum Gasteiger partial charge on any atom is -0.489 e. The number of ether oxygens (including phenoxy) is 1. The van der Waals surface area contributed by atoms with Crippen LogP contribution in [0.2, 0.25) is 0 Å². The van der Waals surface area contributed by atoms with Gasteiger partial charge in [-0.15, -0.1) is 0 Å². The summed E-state index contributed by atoms with van der Waals surface area (Å²) in [5.41, 5.74) is 2.19. The first-order valence-electron chi connectivity index (χ1n) is 7.90. The van der Waals surface area contributed by atoms with E-state index < -0.39 is 0 Å². The Balaban J connectivity index is 1.64. The lowest BCUT2D eigenvalue weighted by atomic mass is 10.2. The molecule has 1 saturated heterocycles. The zero-order chi connectivity index (χ0) is 15.9. The molecule has 23 heavy (non-hydrogen) atoms. The quantitative estimate of drug-likeness (QED) is 0.917. The predicted octanol–water partition coefficient (Wildman–Crippen LogP) is 1.98. The van der Waals surface area contributed by atoms with Crippen LogP contribution in [0.25, 0.3) is 0 Å². The predicted molar refractivity (Wildman–Crippen MR) is 87.9 cm³/mol. The maximum Gasteiger partial charge on any atom is 0.221 e. The Bertz CT molecular complexity index is 646. The Morgan fingerprint density at radius 1 is 1.17 bits per heavy atom. The lowest BCUT2D eigenvalue weighted by molar-refractivity contribution is -0.120. The summed E-state index contributed by atoms with van der Waals surface area (Å²) in [5, 5.41) is 2.90. The lowest BCUT2D eigenvalue weighted by Crippen LogP contribution is -2.28. The highest BCUT2D eigenvalue weighted by Gasteiger charge is 2.15. The van der Waals surface area contributed by atoms with Gasteiger partial charge in [0.1, 0.15) is 12.4 Å². The number of nitrogens with one attached hydrogen (secondary N) is 1. The van der Waals surface area contributed by atoms with Gasteiger partial charge in [0.05, 0.1) is 0 Å². The van der Waals surface area contributed by atoms with Crippen molar-refractivity contribution in [1.29, 1.82) is 0 Å². The second-order valence-corrected chi connectivity index (χ2v) is 5.63. The van der Waals surface area contributed by atoms with Crippen molar-refractivity contribution in [3.63, 3.8) is 0 Å². The first-order valence-corrected chi connectivity index (χ1v) is 7.90. The molecule has 0 saturated carbocycles. The summed E-state index contributed by atoms with van der Waals surface area (Å²) in [6, 6.07) is 12.0. The van der Waals surface area contributed by atoms with Crippen LogP contribution in [0.5, 0.6) is 5.75 Å². The number of aromatic nitrogens is 1. The molecule has 0 atom stereocenters. The molecule has 0 aliphatic carbocycles. The summed E-state index contributed by atoms with van der Waals surface area (Å²) in [6.07, 6.45) is 4.12. The fraction of sp³-hybridized carbons (Fsp3) is 0.333. The summed E-state index contributed by atoms with van der Waals surface area (Å²) < 4.78 is 5.97. The Morgan fingerprint density at radius 3 is 2.96 bits per heavy atom. The summed E-state index contributed by atoms with van der Waals surface area (Å²) >= 11 is 0. The first-order chi connectivity index (χ1) is 11.3. The van der Waals surface area contributed by atoms with E-state index in [1.54, 1.807) is 6.20 Å². The van der Waals surface area contributed by atoms with E-state index in [0.29, 0.717) is 19.6 Å². The fourth-order valence-corrected chi connectivity index (χ4v) is 2.63. The minimum absolute atomic E-state index is 0.133. The topological polar surface area (TPSA) is 54.5 Å². The van der Waals surface area contributed by atoms with Gasteiger partial charge in [-0.2, -0.15) is 0 Å². The van der Waals surface area contributed by atoms with E-state index in [2.05, 4.69) is 21.3 Å². The number of rotatable bonds is 5. The maximum absolute atomic E-state index is 11.4. The van der Waals surface area contributed by atoms with Crippen molar-refractivity contribution in [2.45, 2.75) is 19.6 Å².